The number of nitrogens with one attached hydrogen (secondary N) is 1. The van der Waals surface area contributed by atoms with Crippen LogP contribution in [0.2, 0.25) is 5.02 Å². The number of carbonyl (C=O) groups excluding carboxylic acids is 1. The molecular weight excluding hydrogens is 456 g/mol. The molecule has 8 nitrogen and oxygen atoms in total. The number of methoxy groups -OCH3 is 2. The van der Waals surface area contributed by atoms with Crippen LogP contribution in [-0.4, -0.2) is 48.3 Å². The first-order chi connectivity index (χ1) is 16.5. The molecule has 1 aliphatic heterocycles. The molecule has 1 N–H and O–H groups in total. The van der Waals surface area contributed by atoms with Gasteiger partial charge in [-0.05, 0) is 56.1 Å². The molecule has 0 radical (unpaired) electrons. The van der Waals surface area contributed by atoms with E-state index in [1.165, 1.54) is 0 Å². The van der Waals surface area contributed by atoms with Gasteiger partial charge in [0.15, 0.2) is 11.5 Å². The molecule has 1 aromatic heterocycles. The van der Waals surface area contributed by atoms with Crippen molar-refractivity contribution in [3.05, 3.63) is 58.9 Å². The lowest BCUT2D eigenvalue weighted by atomic mass is 9.96. The maximum atomic E-state index is 13.0. The van der Waals surface area contributed by atoms with Crippen molar-refractivity contribution >= 4 is 17.5 Å². The summed E-state index contributed by atoms with van der Waals surface area (Å²) in [5.41, 5.74) is 1.69. The number of ether oxygens (including phenoxy) is 2. The van der Waals surface area contributed by atoms with Crippen LogP contribution in [0.1, 0.15) is 37.3 Å². The van der Waals surface area contributed by atoms with Crippen LogP contribution in [0, 0.1) is 5.92 Å². The zero-order chi connectivity index (χ0) is 24.1. The molecule has 2 heterocycles. The Hall–Kier alpha value is -3.10. The van der Waals surface area contributed by atoms with Crippen LogP contribution in [-0.2, 0) is 11.3 Å². The predicted octanol–water partition coefficient (Wildman–Crippen LogP) is 4.50. The molecule has 2 aromatic carbocycles. The van der Waals surface area contributed by atoms with Gasteiger partial charge in [0, 0.05) is 12.1 Å². The number of benzene rings is 2. The molecule has 4 rings (SSSR count). The number of halogens is 1. The number of carbonyl (C=O) groups is 1. The van der Waals surface area contributed by atoms with E-state index in [4.69, 9.17) is 25.6 Å². The second-order valence-corrected chi connectivity index (χ2v) is 8.82. The van der Waals surface area contributed by atoms with E-state index in [1.807, 2.05) is 43.3 Å². The van der Waals surface area contributed by atoms with Gasteiger partial charge in [-0.15, -0.1) is 0 Å². The van der Waals surface area contributed by atoms with Crippen molar-refractivity contribution in [1.82, 2.24) is 20.4 Å². The zero-order valence-corrected chi connectivity index (χ0v) is 20.3. The number of rotatable bonds is 8. The predicted molar refractivity (Wildman–Crippen MR) is 129 cm³/mol. The molecule has 2 atom stereocenters. The maximum Gasteiger partial charge on any atom is 0.241 e. The summed E-state index contributed by atoms with van der Waals surface area (Å²) < 4.78 is 16.1. The summed E-state index contributed by atoms with van der Waals surface area (Å²) >= 11 is 6.24. The van der Waals surface area contributed by atoms with Gasteiger partial charge < -0.3 is 19.3 Å². The highest BCUT2D eigenvalue weighted by molar-refractivity contribution is 6.33. The highest BCUT2D eigenvalue weighted by atomic mass is 35.5. The Labute approximate surface area is 204 Å². The third kappa shape index (κ3) is 5.51. The van der Waals surface area contributed by atoms with Crippen molar-refractivity contribution in [3.63, 3.8) is 0 Å². The molecule has 1 aliphatic rings. The highest BCUT2D eigenvalue weighted by Crippen LogP contribution is 2.30. The van der Waals surface area contributed by atoms with Crippen molar-refractivity contribution < 1.29 is 18.8 Å². The third-order valence-corrected chi connectivity index (χ3v) is 6.41. The monoisotopic (exact) mass is 484 g/mol. The van der Waals surface area contributed by atoms with Gasteiger partial charge >= 0.3 is 0 Å². The molecule has 1 fully saturated rings. The van der Waals surface area contributed by atoms with Gasteiger partial charge in [0.25, 0.3) is 0 Å². The first-order valence-corrected chi connectivity index (χ1v) is 11.7. The Morgan fingerprint density at radius 2 is 2.03 bits per heavy atom. The van der Waals surface area contributed by atoms with Gasteiger partial charge in [0.1, 0.15) is 0 Å². The zero-order valence-electron chi connectivity index (χ0n) is 19.6. The first kappa shape index (κ1) is 24.0. The SMILES string of the molecule is COc1ccc(C(C)NC(=O)C2CCCN(Cc3nc(-c4ccccc4Cl)no3)C2)cc1OC. The summed E-state index contributed by atoms with van der Waals surface area (Å²) in [5.74, 6) is 2.20. The molecule has 1 amide bonds. The van der Waals surface area contributed by atoms with Crippen molar-refractivity contribution in [2.24, 2.45) is 5.92 Å². The van der Waals surface area contributed by atoms with Gasteiger partial charge in [-0.25, -0.2) is 0 Å². The van der Waals surface area contributed by atoms with Gasteiger partial charge in [0.2, 0.25) is 17.6 Å². The van der Waals surface area contributed by atoms with Gasteiger partial charge in [-0.3, -0.25) is 9.69 Å². The molecule has 180 valence electrons. The van der Waals surface area contributed by atoms with Gasteiger partial charge in [-0.2, -0.15) is 4.98 Å². The minimum Gasteiger partial charge on any atom is -0.493 e. The molecule has 0 aliphatic carbocycles. The smallest absolute Gasteiger partial charge is 0.241 e. The van der Waals surface area contributed by atoms with E-state index in [2.05, 4.69) is 20.4 Å². The van der Waals surface area contributed by atoms with Crippen molar-refractivity contribution in [2.45, 2.75) is 32.4 Å². The van der Waals surface area contributed by atoms with Crippen LogP contribution in [0.3, 0.4) is 0 Å². The molecule has 34 heavy (non-hydrogen) atoms. The largest absolute Gasteiger partial charge is 0.493 e. The van der Waals surface area contributed by atoms with E-state index in [-0.39, 0.29) is 17.9 Å². The minimum absolute atomic E-state index is 0.0364. The number of likely N-dealkylation sites (tertiary alicyclic amines) is 1. The maximum absolute atomic E-state index is 13.0. The molecule has 0 spiro atoms. The summed E-state index contributed by atoms with van der Waals surface area (Å²) in [4.78, 5) is 19.7. The van der Waals surface area contributed by atoms with Crippen LogP contribution < -0.4 is 14.8 Å². The van der Waals surface area contributed by atoms with E-state index in [0.29, 0.717) is 41.3 Å². The van der Waals surface area contributed by atoms with Crippen LogP contribution in [0.15, 0.2) is 47.0 Å². The minimum atomic E-state index is -0.156. The van der Waals surface area contributed by atoms with E-state index >= 15 is 0 Å². The molecule has 2 unspecified atom stereocenters. The summed E-state index contributed by atoms with van der Waals surface area (Å²) in [5, 5.41) is 7.79. The fourth-order valence-corrected chi connectivity index (χ4v) is 4.43. The Morgan fingerprint density at radius 1 is 1.24 bits per heavy atom. The van der Waals surface area contributed by atoms with E-state index in [0.717, 1.165) is 30.5 Å². The van der Waals surface area contributed by atoms with E-state index in [9.17, 15) is 4.79 Å². The lowest BCUT2D eigenvalue weighted by Gasteiger charge is -2.31. The first-order valence-electron chi connectivity index (χ1n) is 11.3. The van der Waals surface area contributed by atoms with Crippen LogP contribution in [0.25, 0.3) is 11.4 Å². The Morgan fingerprint density at radius 3 is 2.79 bits per heavy atom. The average Bonchev–Trinajstić information content (AvgIpc) is 3.32. The molecule has 0 bridgehead atoms. The average molecular weight is 485 g/mol. The second-order valence-electron chi connectivity index (χ2n) is 8.41. The summed E-state index contributed by atoms with van der Waals surface area (Å²) in [7, 11) is 3.20. The molecule has 1 saturated heterocycles. The van der Waals surface area contributed by atoms with E-state index < -0.39 is 0 Å². The number of aromatic nitrogens is 2. The second kappa shape index (κ2) is 10.9. The fourth-order valence-electron chi connectivity index (χ4n) is 4.21. The highest BCUT2D eigenvalue weighted by Gasteiger charge is 2.28. The van der Waals surface area contributed by atoms with E-state index in [1.54, 1.807) is 20.3 Å². The van der Waals surface area contributed by atoms with Crippen LogP contribution in [0.4, 0.5) is 0 Å². The van der Waals surface area contributed by atoms with Crippen molar-refractivity contribution in [2.75, 3.05) is 27.3 Å². The number of amides is 1. The third-order valence-electron chi connectivity index (χ3n) is 6.08. The summed E-state index contributed by atoms with van der Waals surface area (Å²) in [6, 6.07) is 12.9. The topological polar surface area (TPSA) is 89.7 Å². The molecule has 9 heteroatoms. The lowest BCUT2D eigenvalue weighted by molar-refractivity contribution is -0.127. The molecule has 0 saturated carbocycles. The van der Waals surface area contributed by atoms with Crippen molar-refractivity contribution in [1.29, 1.82) is 0 Å². The standard InChI is InChI=1S/C25H29ClN4O4/c1-16(17-10-11-21(32-2)22(13-17)33-3)27-25(31)18-7-6-12-30(14-18)15-23-28-24(29-34-23)19-8-4-5-9-20(19)26/h4-5,8-11,13,16,18H,6-7,12,14-15H2,1-3H3,(H,27,31). The molecule has 3 aromatic rings. The van der Waals surface area contributed by atoms with Gasteiger partial charge in [-0.1, -0.05) is 35.0 Å². The number of hydrogen-bond acceptors (Lipinski definition) is 7. The fraction of sp³-hybridized carbons (Fsp3) is 0.400. The normalized spacial score (nSPS) is 17.2. The van der Waals surface area contributed by atoms with Crippen LogP contribution >= 0.6 is 11.6 Å². The van der Waals surface area contributed by atoms with Gasteiger partial charge in [0.05, 0.1) is 37.7 Å². The lowest BCUT2D eigenvalue weighted by Crippen LogP contribution is -2.43. The number of piperidine rings is 1. The van der Waals surface area contributed by atoms with Crippen molar-refractivity contribution in [3.8, 4) is 22.9 Å². The summed E-state index contributed by atoms with van der Waals surface area (Å²) in [6.07, 6.45) is 1.77. The Bertz CT molecular complexity index is 1140. The molecular formula is C25H29ClN4O4. The number of hydrogen-bond donors (Lipinski definition) is 1. The number of nitrogens with zero attached hydrogens (tertiary/aromatic N) is 3. The summed E-state index contributed by atoms with van der Waals surface area (Å²) in [6.45, 7) is 3.97. The quantitative estimate of drug-likeness (QED) is 0.503. The Kier molecular flexibility index (Phi) is 7.70. The Balaban J connectivity index is 1.35. The van der Waals surface area contributed by atoms with Crippen LogP contribution in [0.5, 0.6) is 11.5 Å².